The largest absolute Gasteiger partial charge is 0.497 e. The molecule has 3 atom stereocenters. The molecule has 3 aromatic rings. The Hall–Kier alpha value is -4.64. The molecule has 2 fully saturated rings. The van der Waals surface area contributed by atoms with Crippen molar-refractivity contribution in [2.45, 2.75) is 25.3 Å². The Labute approximate surface area is 248 Å². The van der Waals surface area contributed by atoms with Crippen LogP contribution in [0.25, 0.3) is 0 Å². The molecule has 3 aliphatic heterocycles. The standard InChI is InChI=1S/C32H34N4O7/c1-41-24-10-8-23(9-11-24)36-30(39)32(29(38)33-31(36)40,15-20-7-12-26(42-2)27(14-20)43-3)19-34-16-21-13-22(18-34)25-5-4-6-28(37)35(25)17-21/h4-12,14,21-22H,13,15-19H2,1-3H3,(H,33,38,40)/t21-,22+,32?/m0/s1. The van der Waals surface area contributed by atoms with Gasteiger partial charge in [-0.25, -0.2) is 9.69 Å². The first-order valence-corrected chi connectivity index (χ1v) is 14.2. The van der Waals surface area contributed by atoms with Gasteiger partial charge in [-0.05, 0) is 66.8 Å². The van der Waals surface area contributed by atoms with E-state index in [4.69, 9.17) is 14.2 Å². The van der Waals surface area contributed by atoms with Crippen molar-refractivity contribution in [3.63, 3.8) is 0 Å². The molecular formula is C32H34N4O7. The lowest BCUT2D eigenvalue weighted by Gasteiger charge is -2.47. The number of hydrogen-bond acceptors (Lipinski definition) is 8. The summed E-state index contributed by atoms with van der Waals surface area (Å²) in [6.07, 6.45) is 0.957. The van der Waals surface area contributed by atoms with Crippen LogP contribution in [0, 0.1) is 11.3 Å². The molecule has 2 aromatic carbocycles. The number of nitrogens with zero attached hydrogens (tertiary/aromatic N) is 3. The molecule has 3 aliphatic rings. The fourth-order valence-corrected chi connectivity index (χ4v) is 6.84. The van der Waals surface area contributed by atoms with Crippen molar-refractivity contribution in [2.24, 2.45) is 11.3 Å². The maximum Gasteiger partial charge on any atom is 0.335 e. The summed E-state index contributed by atoms with van der Waals surface area (Å²) in [7, 11) is 4.59. The first kappa shape index (κ1) is 28.5. The Bertz CT molecular complexity index is 1640. The van der Waals surface area contributed by atoms with Gasteiger partial charge >= 0.3 is 6.03 Å². The van der Waals surface area contributed by atoms with Crippen LogP contribution in [0.3, 0.4) is 0 Å². The monoisotopic (exact) mass is 586 g/mol. The molecule has 0 aliphatic carbocycles. The van der Waals surface area contributed by atoms with Crippen molar-refractivity contribution in [3.05, 3.63) is 82.3 Å². The summed E-state index contributed by atoms with van der Waals surface area (Å²) in [6, 6.07) is 16.4. The second-order valence-corrected chi connectivity index (χ2v) is 11.4. The third-order valence-corrected chi connectivity index (χ3v) is 8.80. The van der Waals surface area contributed by atoms with Crippen LogP contribution >= 0.6 is 0 Å². The van der Waals surface area contributed by atoms with Gasteiger partial charge in [0.2, 0.25) is 5.91 Å². The number of urea groups is 1. The van der Waals surface area contributed by atoms with Crippen molar-refractivity contribution in [1.82, 2.24) is 14.8 Å². The van der Waals surface area contributed by atoms with Crippen molar-refractivity contribution in [2.75, 3.05) is 45.9 Å². The Morgan fingerprint density at radius 3 is 2.35 bits per heavy atom. The number of likely N-dealkylation sites (tertiary alicyclic amines) is 1. The zero-order valence-corrected chi connectivity index (χ0v) is 24.4. The summed E-state index contributed by atoms with van der Waals surface area (Å²) in [5.41, 5.74) is 0.337. The number of methoxy groups -OCH3 is 3. The van der Waals surface area contributed by atoms with E-state index in [-0.39, 0.29) is 30.4 Å². The van der Waals surface area contributed by atoms with Crippen molar-refractivity contribution >= 4 is 23.5 Å². The summed E-state index contributed by atoms with van der Waals surface area (Å²) < 4.78 is 18.0. The fraction of sp³-hybridized carbons (Fsp3) is 0.375. The third kappa shape index (κ3) is 5.03. The topological polar surface area (TPSA) is 119 Å². The number of aromatic nitrogens is 1. The molecule has 2 saturated heterocycles. The Morgan fingerprint density at radius 1 is 0.860 bits per heavy atom. The van der Waals surface area contributed by atoms with E-state index >= 15 is 0 Å². The minimum Gasteiger partial charge on any atom is -0.497 e. The van der Waals surface area contributed by atoms with Crippen molar-refractivity contribution < 1.29 is 28.6 Å². The minimum absolute atomic E-state index is 0.0129. The molecule has 6 rings (SSSR count). The average Bonchev–Trinajstić information content (AvgIpc) is 3.01. The molecule has 2 bridgehead atoms. The first-order chi connectivity index (χ1) is 20.8. The van der Waals surface area contributed by atoms with Crippen LogP contribution in [-0.4, -0.2) is 68.3 Å². The van der Waals surface area contributed by atoms with E-state index in [1.54, 1.807) is 54.6 Å². The van der Waals surface area contributed by atoms with Gasteiger partial charge in [0.1, 0.15) is 11.2 Å². The van der Waals surface area contributed by atoms with Crippen molar-refractivity contribution in [3.8, 4) is 17.2 Å². The van der Waals surface area contributed by atoms with Crippen LogP contribution in [0.5, 0.6) is 17.2 Å². The summed E-state index contributed by atoms with van der Waals surface area (Å²) in [4.78, 5) is 57.4. The van der Waals surface area contributed by atoms with Gasteiger partial charge in [0.25, 0.3) is 11.5 Å². The zero-order valence-electron chi connectivity index (χ0n) is 24.4. The van der Waals surface area contributed by atoms with Crippen LogP contribution in [0.15, 0.2) is 65.5 Å². The molecule has 1 aromatic heterocycles. The van der Waals surface area contributed by atoms with Gasteiger partial charge in [-0.1, -0.05) is 12.1 Å². The van der Waals surface area contributed by atoms with Gasteiger partial charge in [0.15, 0.2) is 11.5 Å². The third-order valence-electron chi connectivity index (χ3n) is 8.80. The van der Waals surface area contributed by atoms with Gasteiger partial charge in [-0.2, -0.15) is 0 Å². The lowest BCUT2D eigenvalue weighted by molar-refractivity contribution is -0.144. The number of hydrogen-bond donors (Lipinski definition) is 1. The molecule has 0 radical (unpaired) electrons. The van der Waals surface area contributed by atoms with Gasteiger partial charge in [-0.3, -0.25) is 19.7 Å². The first-order valence-electron chi connectivity index (χ1n) is 14.2. The Kier molecular flexibility index (Phi) is 7.43. The summed E-state index contributed by atoms with van der Waals surface area (Å²) in [5, 5.41) is 2.48. The molecule has 1 unspecified atom stereocenters. The maximum atomic E-state index is 14.6. The number of imide groups is 2. The number of benzene rings is 2. The molecule has 0 spiro atoms. The van der Waals surface area contributed by atoms with E-state index in [1.165, 1.54) is 21.3 Å². The van der Waals surface area contributed by atoms with Crippen LogP contribution in [0.4, 0.5) is 10.5 Å². The van der Waals surface area contributed by atoms with Crippen LogP contribution in [-0.2, 0) is 22.6 Å². The SMILES string of the molecule is COc1ccc(N2C(=O)NC(=O)C(Cc3ccc(OC)c(OC)c3)(CN3C[C@@H]4C[C@H](C3)c3cccc(=O)n3C4)C2=O)cc1. The summed E-state index contributed by atoms with van der Waals surface area (Å²) in [6.45, 7) is 1.87. The van der Waals surface area contributed by atoms with Gasteiger partial charge in [0, 0.05) is 43.9 Å². The number of amides is 4. The molecule has 43 heavy (non-hydrogen) atoms. The molecule has 224 valence electrons. The number of pyridine rings is 1. The van der Waals surface area contributed by atoms with E-state index in [9.17, 15) is 19.2 Å². The quantitative estimate of drug-likeness (QED) is 0.401. The Morgan fingerprint density at radius 2 is 1.63 bits per heavy atom. The highest BCUT2D eigenvalue weighted by molar-refractivity contribution is 6.30. The molecule has 0 saturated carbocycles. The number of rotatable bonds is 8. The van der Waals surface area contributed by atoms with Gasteiger partial charge in [0.05, 0.1) is 27.0 Å². The summed E-state index contributed by atoms with van der Waals surface area (Å²) >= 11 is 0. The number of carbonyl (C=O) groups is 3. The number of nitrogens with one attached hydrogen (secondary N) is 1. The highest BCUT2D eigenvalue weighted by Crippen LogP contribution is 2.40. The second kappa shape index (κ2) is 11.2. The average molecular weight is 587 g/mol. The Balaban J connectivity index is 1.39. The van der Waals surface area contributed by atoms with E-state index in [2.05, 4.69) is 10.2 Å². The van der Waals surface area contributed by atoms with Crippen LogP contribution in [0.1, 0.15) is 23.6 Å². The number of anilines is 1. The molecule has 4 heterocycles. The molecule has 11 nitrogen and oxygen atoms in total. The van der Waals surface area contributed by atoms with Crippen LogP contribution < -0.4 is 30.0 Å². The number of barbiturate groups is 1. The lowest BCUT2D eigenvalue weighted by atomic mass is 9.75. The number of carbonyl (C=O) groups excluding carboxylic acids is 3. The predicted octanol–water partition coefficient (Wildman–Crippen LogP) is 2.81. The molecule has 11 heteroatoms. The van der Waals surface area contributed by atoms with E-state index in [0.717, 1.165) is 17.0 Å². The number of piperidine rings is 1. The second-order valence-electron chi connectivity index (χ2n) is 11.4. The zero-order chi connectivity index (χ0) is 30.3. The normalized spacial score (nSPS) is 23.4. The van der Waals surface area contributed by atoms with Gasteiger partial charge < -0.3 is 23.7 Å². The maximum absolute atomic E-state index is 14.6. The number of ether oxygens (including phenoxy) is 3. The minimum atomic E-state index is -1.63. The summed E-state index contributed by atoms with van der Waals surface area (Å²) in [5.74, 6) is 0.582. The van der Waals surface area contributed by atoms with Gasteiger partial charge in [-0.15, -0.1) is 0 Å². The number of fused-ring (bicyclic) bond motifs is 4. The molecule has 1 N–H and O–H groups in total. The van der Waals surface area contributed by atoms with E-state index in [0.29, 0.717) is 48.1 Å². The lowest BCUT2D eigenvalue weighted by Crippen LogP contribution is -2.68. The predicted molar refractivity (Wildman–Crippen MR) is 158 cm³/mol. The van der Waals surface area contributed by atoms with E-state index < -0.39 is 23.3 Å². The van der Waals surface area contributed by atoms with Crippen molar-refractivity contribution in [1.29, 1.82) is 0 Å². The smallest absolute Gasteiger partial charge is 0.335 e. The molecular weight excluding hydrogens is 552 g/mol. The fourth-order valence-electron chi connectivity index (χ4n) is 6.84. The molecule has 4 amide bonds. The van der Waals surface area contributed by atoms with Crippen LogP contribution in [0.2, 0.25) is 0 Å². The highest BCUT2D eigenvalue weighted by atomic mass is 16.5. The highest BCUT2D eigenvalue weighted by Gasteiger charge is 2.56. The van der Waals surface area contributed by atoms with E-state index in [1.807, 2.05) is 10.6 Å².